The van der Waals surface area contributed by atoms with Crippen molar-refractivity contribution in [3.8, 4) is 0 Å². The van der Waals surface area contributed by atoms with Gasteiger partial charge in [0.05, 0.1) is 6.04 Å². The van der Waals surface area contributed by atoms with Crippen LogP contribution in [-0.4, -0.2) is 18.8 Å². The van der Waals surface area contributed by atoms with Gasteiger partial charge in [-0.3, -0.25) is 0 Å². The molecule has 0 saturated carbocycles. The predicted octanol–water partition coefficient (Wildman–Crippen LogP) is 4.55. The van der Waals surface area contributed by atoms with Gasteiger partial charge < -0.3 is 10.2 Å². The standard InChI is InChI=1S/C18H20N2S/c1-2-6-18-16(5-1)17(13-21-18)19-14-7-9-15(10-8-14)20-11-3-4-12-20/h1-2,5-10,17,19H,3-4,11-13H2. The summed E-state index contributed by atoms with van der Waals surface area (Å²) in [5.41, 5.74) is 4.02. The van der Waals surface area contributed by atoms with E-state index in [9.17, 15) is 0 Å². The lowest BCUT2D eigenvalue weighted by Crippen LogP contribution is -2.17. The highest BCUT2D eigenvalue weighted by Crippen LogP contribution is 2.39. The fraction of sp³-hybridized carbons (Fsp3) is 0.333. The lowest BCUT2D eigenvalue weighted by atomic mass is 10.1. The van der Waals surface area contributed by atoms with Crippen LogP contribution >= 0.6 is 11.8 Å². The zero-order valence-electron chi connectivity index (χ0n) is 12.1. The molecule has 0 radical (unpaired) electrons. The summed E-state index contributed by atoms with van der Waals surface area (Å²) in [7, 11) is 0. The van der Waals surface area contributed by atoms with Gasteiger partial charge in [-0.2, -0.15) is 0 Å². The third kappa shape index (κ3) is 2.62. The van der Waals surface area contributed by atoms with Crippen molar-refractivity contribution in [1.82, 2.24) is 0 Å². The van der Waals surface area contributed by atoms with Gasteiger partial charge in [-0.25, -0.2) is 0 Å². The van der Waals surface area contributed by atoms with Crippen molar-refractivity contribution in [1.29, 1.82) is 0 Å². The number of rotatable bonds is 3. The van der Waals surface area contributed by atoms with E-state index >= 15 is 0 Å². The summed E-state index contributed by atoms with van der Waals surface area (Å²) in [5.74, 6) is 1.12. The minimum absolute atomic E-state index is 0.434. The maximum absolute atomic E-state index is 3.68. The lowest BCUT2D eigenvalue weighted by Gasteiger charge is -2.19. The van der Waals surface area contributed by atoms with Crippen molar-refractivity contribution in [2.24, 2.45) is 0 Å². The van der Waals surface area contributed by atoms with Crippen molar-refractivity contribution in [3.63, 3.8) is 0 Å². The number of fused-ring (bicyclic) bond motifs is 1. The molecule has 1 atom stereocenters. The molecule has 4 rings (SSSR count). The topological polar surface area (TPSA) is 15.3 Å². The van der Waals surface area contributed by atoms with E-state index in [4.69, 9.17) is 0 Å². The van der Waals surface area contributed by atoms with E-state index in [1.54, 1.807) is 0 Å². The molecule has 2 aromatic rings. The Bertz CT molecular complexity index is 617. The third-order valence-corrected chi connectivity index (χ3v) is 5.56. The first-order valence-electron chi connectivity index (χ1n) is 7.73. The maximum Gasteiger partial charge on any atom is 0.0618 e. The molecule has 0 aliphatic carbocycles. The van der Waals surface area contributed by atoms with Crippen molar-refractivity contribution in [2.45, 2.75) is 23.8 Å². The molecular formula is C18H20N2S. The number of nitrogens with zero attached hydrogens (tertiary/aromatic N) is 1. The Labute approximate surface area is 130 Å². The summed E-state index contributed by atoms with van der Waals surface area (Å²) in [4.78, 5) is 3.90. The number of nitrogens with one attached hydrogen (secondary N) is 1. The second-order valence-corrected chi connectivity index (χ2v) is 6.85. The van der Waals surface area contributed by atoms with Gasteiger partial charge in [0.2, 0.25) is 0 Å². The Morgan fingerprint density at radius 2 is 1.71 bits per heavy atom. The second-order valence-electron chi connectivity index (χ2n) is 5.79. The first-order valence-corrected chi connectivity index (χ1v) is 8.72. The Hall–Kier alpha value is -1.61. The van der Waals surface area contributed by atoms with E-state index in [1.807, 2.05) is 11.8 Å². The Morgan fingerprint density at radius 3 is 2.52 bits per heavy atom. The average molecular weight is 296 g/mol. The van der Waals surface area contributed by atoms with Gasteiger partial charge >= 0.3 is 0 Å². The van der Waals surface area contributed by atoms with Gasteiger partial charge in [0.1, 0.15) is 0 Å². The minimum atomic E-state index is 0.434. The Kier molecular flexibility index (Phi) is 3.52. The van der Waals surface area contributed by atoms with Crippen molar-refractivity contribution in [2.75, 3.05) is 29.1 Å². The van der Waals surface area contributed by atoms with Crippen LogP contribution in [0.4, 0.5) is 11.4 Å². The zero-order chi connectivity index (χ0) is 14.1. The van der Waals surface area contributed by atoms with E-state index < -0.39 is 0 Å². The molecule has 0 spiro atoms. The summed E-state index contributed by atoms with van der Waals surface area (Å²) in [6.07, 6.45) is 2.66. The van der Waals surface area contributed by atoms with Crippen LogP contribution in [0.1, 0.15) is 24.4 Å². The van der Waals surface area contributed by atoms with Gasteiger partial charge in [0, 0.05) is 35.1 Å². The molecular weight excluding hydrogens is 276 g/mol. The van der Waals surface area contributed by atoms with Crippen LogP contribution in [-0.2, 0) is 0 Å². The Balaban J connectivity index is 1.48. The average Bonchev–Trinajstić information content (AvgIpc) is 3.19. The molecule has 1 unspecified atom stereocenters. The molecule has 21 heavy (non-hydrogen) atoms. The fourth-order valence-corrected chi connectivity index (χ4v) is 4.39. The highest BCUT2D eigenvalue weighted by Gasteiger charge is 2.22. The second kappa shape index (κ2) is 5.64. The smallest absolute Gasteiger partial charge is 0.0618 e. The molecule has 1 saturated heterocycles. The molecule has 0 bridgehead atoms. The summed E-state index contributed by atoms with van der Waals surface area (Å²) < 4.78 is 0. The first-order chi connectivity index (χ1) is 10.4. The number of hydrogen-bond donors (Lipinski definition) is 1. The predicted molar refractivity (Wildman–Crippen MR) is 91.4 cm³/mol. The van der Waals surface area contributed by atoms with Crippen LogP contribution in [0.2, 0.25) is 0 Å². The molecule has 2 nitrogen and oxygen atoms in total. The zero-order valence-corrected chi connectivity index (χ0v) is 12.9. The van der Waals surface area contributed by atoms with Crippen molar-refractivity contribution in [3.05, 3.63) is 54.1 Å². The van der Waals surface area contributed by atoms with E-state index in [2.05, 4.69) is 58.7 Å². The SMILES string of the molecule is c1ccc2c(c1)SCC2Nc1ccc(N2CCCC2)cc1. The van der Waals surface area contributed by atoms with Gasteiger partial charge in [0.15, 0.2) is 0 Å². The van der Waals surface area contributed by atoms with E-state index in [1.165, 1.54) is 47.8 Å². The van der Waals surface area contributed by atoms with Crippen LogP contribution in [0.5, 0.6) is 0 Å². The number of benzene rings is 2. The molecule has 0 amide bonds. The van der Waals surface area contributed by atoms with Gasteiger partial charge in [-0.05, 0) is 48.7 Å². The minimum Gasteiger partial charge on any atom is -0.377 e. The third-order valence-electron chi connectivity index (χ3n) is 4.38. The molecule has 1 fully saturated rings. The molecule has 0 aromatic heterocycles. The Morgan fingerprint density at radius 1 is 0.952 bits per heavy atom. The largest absolute Gasteiger partial charge is 0.377 e. The fourth-order valence-electron chi connectivity index (χ4n) is 3.23. The molecule has 1 N–H and O–H groups in total. The van der Waals surface area contributed by atoms with E-state index in [0.717, 1.165) is 5.75 Å². The number of anilines is 2. The molecule has 108 valence electrons. The first kappa shape index (κ1) is 13.1. The van der Waals surface area contributed by atoms with Crippen LogP contribution < -0.4 is 10.2 Å². The van der Waals surface area contributed by atoms with Crippen LogP contribution in [0.3, 0.4) is 0 Å². The molecule has 3 heteroatoms. The quantitative estimate of drug-likeness (QED) is 0.895. The summed E-state index contributed by atoms with van der Waals surface area (Å²) in [6.45, 7) is 2.42. The molecule has 2 aliphatic rings. The maximum atomic E-state index is 3.68. The summed E-state index contributed by atoms with van der Waals surface area (Å²) >= 11 is 1.95. The van der Waals surface area contributed by atoms with Gasteiger partial charge in [-0.1, -0.05) is 18.2 Å². The molecule has 2 aliphatic heterocycles. The van der Waals surface area contributed by atoms with E-state index in [0.29, 0.717) is 6.04 Å². The van der Waals surface area contributed by atoms with Crippen molar-refractivity contribution < 1.29 is 0 Å². The monoisotopic (exact) mass is 296 g/mol. The number of thioether (sulfide) groups is 1. The summed E-state index contributed by atoms with van der Waals surface area (Å²) in [5, 5.41) is 3.68. The normalized spacial score (nSPS) is 20.6. The van der Waals surface area contributed by atoms with E-state index in [-0.39, 0.29) is 0 Å². The molecule has 2 heterocycles. The summed E-state index contributed by atoms with van der Waals surface area (Å²) in [6, 6.07) is 18.1. The van der Waals surface area contributed by atoms with Crippen LogP contribution in [0.25, 0.3) is 0 Å². The highest BCUT2D eigenvalue weighted by molar-refractivity contribution is 7.99. The van der Waals surface area contributed by atoms with Gasteiger partial charge in [-0.15, -0.1) is 11.8 Å². The van der Waals surface area contributed by atoms with Crippen LogP contribution in [0.15, 0.2) is 53.4 Å². The van der Waals surface area contributed by atoms with Crippen molar-refractivity contribution >= 4 is 23.1 Å². The highest BCUT2D eigenvalue weighted by atomic mass is 32.2. The van der Waals surface area contributed by atoms with Crippen LogP contribution in [0, 0.1) is 0 Å². The molecule has 2 aromatic carbocycles. The number of hydrogen-bond acceptors (Lipinski definition) is 3. The lowest BCUT2D eigenvalue weighted by molar-refractivity contribution is 0.899. The van der Waals surface area contributed by atoms with Gasteiger partial charge in [0.25, 0.3) is 0 Å².